The summed E-state index contributed by atoms with van der Waals surface area (Å²) in [5, 5.41) is 15.1. The molecule has 0 aliphatic heterocycles. The summed E-state index contributed by atoms with van der Waals surface area (Å²) < 4.78 is 13.5. The molecule has 0 radical (unpaired) electrons. The van der Waals surface area contributed by atoms with Gasteiger partial charge >= 0.3 is 0 Å². The van der Waals surface area contributed by atoms with E-state index in [9.17, 15) is 14.3 Å². The number of likely N-dealkylation sites (N-methyl/N-ethyl adjacent to an activating group) is 1. The van der Waals surface area contributed by atoms with Crippen LogP contribution in [0.25, 0.3) is 0 Å². The molecular formula is C12H17FN2O2. The fraction of sp³-hybridized carbons (Fsp3) is 0.417. The number of aliphatic hydroxyl groups is 1. The largest absolute Gasteiger partial charge is 0.387 e. The maximum absolute atomic E-state index is 13.5. The highest BCUT2D eigenvalue weighted by molar-refractivity contribution is 5.88. The Balaban J connectivity index is 2.77. The van der Waals surface area contributed by atoms with E-state index in [-0.39, 0.29) is 11.6 Å². The molecule has 1 aromatic rings. The molecule has 0 saturated heterocycles. The normalized spacial score (nSPS) is 12.2. The molecule has 0 heterocycles. The van der Waals surface area contributed by atoms with Gasteiger partial charge in [0.15, 0.2) is 0 Å². The van der Waals surface area contributed by atoms with Gasteiger partial charge in [-0.2, -0.15) is 0 Å². The van der Waals surface area contributed by atoms with Crippen molar-refractivity contribution in [3.05, 3.63) is 29.6 Å². The van der Waals surface area contributed by atoms with Gasteiger partial charge in [-0.3, -0.25) is 4.79 Å². The Morgan fingerprint density at radius 2 is 2.24 bits per heavy atom. The Kier molecular flexibility index (Phi) is 5.06. The second-order valence-electron chi connectivity index (χ2n) is 3.74. The summed E-state index contributed by atoms with van der Waals surface area (Å²) in [7, 11) is 0. The molecule has 1 amide bonds. The molecule has 0 aromatic heterocycles. The van der Waals surface area contributed by atoms with Crippen molar-refractivity contribution in [2.75, 3.05) is 18.4 Å². The van der Waals surface area contributed by atoms with Crippen LogP contribution < -0.4 is 10.6 Å². The average molecular weight is 240 g/mol. The number of benzene rings is 1. The minimum Gasteiger partial charge on any atom is -0.387 e. The van der Waals surface area contributed by atoms with Gasteiger partial charge in [0.1, 0.15) is 5.82 Å². The molecule has 17 heavy (non-hydrogen) atoms. The van der Waals surface area contributed by atoms with E-state index in [4.69, 9.17) is 0 Å². The standard InChI is InChI=1S/C12H17FN2O2/c1-3-14-7-12(17)9-4-5-11(10(13)6-9)15-8(2)16/h4-6,12,14,17H,3,7H2,1-2H3,(H,15,16). The molecule has 5 heteroatoms. The van der Waals surface area contributed by atoms with E-state index < -0.39 is 11.9 Å². The third-order valence-electron chi connectivity index (χ3n) is 2.28. The fourth-order valence-corrected chi connectivity index (χ4v) is 1.43. The average Bonchev–Trinajstić information content (AvgIpc) is 2.28. The van der Waals surface area contributed by atoms with Gasteiger partial charge in [0.25, 0.3) is 0 Å². The molecule has 4 nitrogen and oxygen atoms in total. The summed E-state index contributed by atoms with van der Waals surface area (Å²) in [6.45, 7) is 4.35. The van der Waals surface area contributed by atoms with Crippen LogP contribution in [-0.4, -0.2) is 24.1 Å². The molecule has 3 N–H and O–H groups in total. The molecule has 0 spiro atoms. The van der Waals surface area contributed by atoms with Crippen molar-refractivity contribution in [1.29, 1.82) is 0 Å². The lowest BCUT2D eigenvalue weighted by molar-refractivity contribution is -0.114. The lowest BCUT2D eigenvalue weighted by Gasteiger charge is -2.12. The molecule has 0 bridgehead atoms. The van der Waals surface area contributed by atoms with Gasteiger partial charge in [0.2, 0.25) is 5.91 Å². The van der Waals surface area contributed by atoms with Crippen LogP contribution in [0.5, 0.6) is 0 Å². The Morgan fingerprint density at radius 1 is 1.53 bits per heavy atom. The molecule has 1 unspecified atom stereocenters. The van der Waals surface area contributed by atoms with Crippen molar-refractivity contribution >= 4 is 11.6 Å². The van der Waals surface area contributed by atoms with Gasteiger partial charge in [-0.1, -0.05) is 13.0 Å². The molecule has 0 fully saturated rings. The van der Waals surface area contributed by atoms with E-state index in [1.54, 1.807) is 6.07 Å². The third-order valence-corrected chi connectivity index (χ3v) is 2.28. The fourth-order valence-electron chi connectivity index (χ4n) is 1.43. The minimum absolute atomic E-state index is 0.122. The molecule has 0 aliphatic carbocycles. The number of nitrogens with one attached hydrogen (secondary N) is 2. The Hall–Kier alpha value is -1.46. The Morgan fingerprint density at radius 3 is 2.76 bits per heavy atom. The molecule has 0 saturated carbocycles. The number of carbonyl (C=O) groups excluding carboxylic acids is 1. The molecule has 0 aliphatic rings. The molecule has 94 valence electrons. The van der Waals surface area contributed by atoms with Gasteiger partial charge in [0, 0.05) is 13.5 Å². The zero-order valence-electron chi connectivity index (χ0n) is 9.96. The van der Waals surface area contributed by atoms with Crippen molar-refractivity contribution in [3.8, 4) is 0 Å². The molecule has 1 rings (SSSR count). The summed E-state index contributed by atoms with van der Waals surface area (Å²) in [4.78, 5) is 10.8. The Labute approximate surface area is 99.8 Å². The zero-order valence-corrected chi connectivity index (χ0v) is 9.96. The maximum atomic E-state index is 13.5. The summed E-state index contributed by atoms with van der Waals surface area (Å²) in [5.74, 6) is -0.877. The first-order valence-electron chi connectivity index (χ1n) is 5.50. The van der Waals surface area contributed by atoms with Gasteiger partial charge in [-0.15, -0.1) is 0 Å². The summed E-state index contributed by atoms with van der Waals surface area (Å²) in [6.07, 6.45) is -0.754. The van der Waals surface area contributed by atoms with E-state index in [1.807, 2.05) is 6.92 Å². The molecule has 1 aromatic carbocycles. The van der Waals surface area contributed by atoms with Gasteiger partial charge in [0.05, 0.1) is 11.8 Å². The smallest absolute Gasteiger partial charge is 0.221 e. The second-order valence-corrected chi connectivity index (χ2v) is 3.74. The lowest BCUT2D eigenvalue weighted by Crippen LogP contribution is -2.21. The Bertz CT molecular complexity index is 396. The summed E-state index contributed by atoms with van der Waals surface area (Å²) in [6, 6.07) is 4.27. The van der Waals surface area contributed by atoms with Gasteiger partial charge in [-0.25, -0.2) is 4.39 Å². The summed E-state index contributed by atoms with van der Waals surface area (Å²) >= 11 is 0. The van der Waals surface area contributed by atoms with E-state index in [2.05, 4.69) is 10.6 Å². The van der Waals surface area contributed by atoms with E-state index in [1.165, 1.54) is 19.1 Å². The van der Waals surface area contributed by atoms with Crippen molar-refractivity contribution in [3.63, 3.8) is 0 Å². The first kappa shape index (κ1) is 13.6. The van der Waals surface area contributed by atoms with Crippen molar-refractivity contribution in [2.24, 2.45) is 0 Å². The quantitative estimate of drug-likeness (QED) is 0.729. The first-order valence-corrected chi connectivity index (χ1v) is 5.50. The highest BCUT2D eigenvalue weighted by Crippen LogP contribution is 2.20. The number of anilines is 1. The van der Waals surface area contributed by atoms with Crippen LogP contribution in [0.4, 0.5) is 10.1 Å². The number of aliphatic hydroxyl groups excluding tert-OH is 1. The third kappa shape index (κ3) is 4.13. The zero-order chi connectivity index (χ0) is 12.8. The van der Waals surface area contributed by atoms with Crippen molar-refractivity contribution in [2.45, 2.75) is 20.0 Å². The molecule has 1 atom stereocenters. The number of carbonyl (C=O) groups is 1. The van der Waals surface area contributed by atoms with Crippen molar-refractivity contribution in [1.82, 2.24) is 5.32 Å². The van der Waals surface area contributed by atoms with Crippen molar-refractivity contribution < 1.29 is 14.3 Å². The number of amides is 1. The van der Waals surface area contributed by atoms with Crippen LogP contribution in [0.1, 0.15) is 25.5 Å². The van der Waals surface area contributed by atoms with Gasteiger partial charge in [-0.05, 0) is 24.2 Å². The predicted octanol–water partition coefficient (Wildman–Crippen LogP) is 1.43. The predicted molar refractivity (Wildman–Crippen MR) is 64.2 cm³/mol. The number of halogens is 1. The van der Waals surface area contributed by atoms with E-state index in [0.717, 1.165) is 6.54 Å². The lowest BCUT2D eigenvalue weighted by atomic mass is 10.1. The van der Waals surface area contributed by atoms with E-state index in [0.29, 0.717) is 12.1 Å². The summed E-state index contributed by atoms with van der Waals surface area (Å²) in [5.41, 5.74) is 0.606. The highest BCUT2D eigenvalue weighted by Gasteiger charge is 2.10. The maximum Gasteiger partial charge on any atom is 0.221 e. The monoisotopic (exact) mass is 240 g/mol. The minimum atomic E-state index is -0.754. The topological polar surface area (TPSA) is 61.4 Å². The number of rotatable bonds is 5. The van der Waals surface area contributed by atoms with Crippen LogP contribution in [0.2, 0.25) is 0 Å². The van der Waals surface area contributed by atoms with Gasteiger partial charge < -0.3 is 15.7 Å². The van der Waals surface area contributed by atoms with Crippen LogP contribution >= 0.6 is 0 Å². The van der Waals surface area contributed by atoms with E-state index >= 15 is 0 Å². The van der Waals surface area contributed by atoms with Crippen LogP contribution in [0, 0.1) is 5.82 Å². The van der Waals surface area contributed by atoms with Crippen LogP contribution in [-0.2, 0) is 4.79 Å². The first-order chi connectivity index (χ1) is 8.04. The van der Waals surface area contributed by atoms with Crippen LogP contribution in [0.3, 0.4) is 0 Å². The highest BCUT2D eigenvalue weighted by atomic mass is 19.1. The van der Waals surface area contributed by atoms with Crippen LogP contribution in [0.15, 0.2) is 18.2 Å². The number of hydrogen-bond donors (Lipinski definition) is 3. The second kappa shape index (κ2) is 6.32. The molecular weight excluding hydrogens is 223 g/mol. The SMILES string of the molecule is CCNCC(O)c1ccc(NC(C)=O)c(F)c1. The number of hydrogen-bond acceptors (Lipinski definition) is 3.